The van der Waals surface area contributed by atoms with Crippen molar-refractivity contribution in [3.63, 3.8) is 0 Å². The normalized spacial score (nSPS) is 17.0. The van der Waals surface area contributed by atoms with Gasteiger partial charge in [-0.1, -0.05) is 62.2 Å². The van der Waals surface area contributed by atoms with Gasteiger partial charge >= 0.3 is 5.97 Å². The Morgan fingerprint density at radius 1 is 1.03 bits per heavy atom. The van der Waals surface area contributed by atoms with Crippen molar-refractivity contribution >= 4 is 17.4 Å². The Morgan fingerprint density at radius 3 is 2.37 bits per heavy atom. The lowest BCUT2D eigenvalue weighted by molar-refractivity contribution is -0.384. The molecule has 1 aliphatic carbocycles. The molecule has 38 heavy (non-hydrogen) atoms. The van der Waals surface area contributed by atoms with E-state index in [1.54, 1.807) is 43.3 Å². The number of carbonyl (C=O) groups is 1. The first-order valence-electron chi connectivity index (χ1n) is 13.1. The first-order valence-corrected chi connectivity index (χ1v) is 13.1. The second-order valence-electron chi connectivity index (χ2n) is 9.65. The lowest BCUT2D eigenvalue weighted by atomic mass is 9.78. The Kier molecular flexibility index (Phi) is 8.34. The summed E-state index contributed by atoms with van der Waals surface area (Å²) in [4.78, 5) is 29.0. The molecule has 8 nitrogen and oxygen atoms in total. The molecule has 0 fully saturated rings. The van der Waals surface area contributed by atoms with Gasteiger partial charge < -0.3 is 15.9 Å². The first-order chi connectivity index (χ1) is 18.3. The smallest absolute Gasteiger partial charge is 0.326 e. The van der Waals surface area contributed by atoms with Crippen molar-refractivity contribution in [2.75, 3.05) is 6.54 Å². The van der Waals surface area contributed by atoms with Gasteiger partial charge in [-0.25, -0.2) is 4.79 Å². The third kappa shape index (κ3) is 5.10. The van der Waals surface area contributed by atoms with Crippen LogP contribution in [-0.2, 0) is 10.4 Å². The maximum absolute atomic E-state index is 12.4. The summed E-state index contributed by atoms with van der Waals surface area (Å²) >= 11 is 0. The van der Waals surface area contributed by atoms with Crippen molar-refractivity contribution in [1.82, 2.24) is 5.32 Å². The molecule has 0 aliphatic heterocycles. The minimum absolute atomic E-state index is 0.0349. The van der Waals surface area contributed by atoms with Crippen LogP contribution in [0.15, 0.2) is 71.9 Å². The van der Waals surface area contributed by atoms with Gasteiger partial charge in [0.1, 0.15) is 0 Å². The van der Waals surface area contributed by atoms with Gasteiger partial charge in [-0.05, 0) is 78.4 Å². The molecule has 0 aromatic heterocycles. The monoisotopic (exact) mass is 514 g/mol. The largest absolute Gasteiger partial charge is 0.365 e. The topological polar surface area (TPSA) is 120 Å². The van der Waals surface area contributed by atoms with Crippen LogP contribution in [0.3, 0.4) is 0 Å². The van der Waals surface area contributed by atoms with Gasteiger partial charge in [-0.3, -0.25) is 10.1 Å². The quantitative estimate of drug-likeness (QED) is 0.108. The Labute approximate surface area is 223 Å². The predicted octanol–water partition coefficient (Wildman–Crippen LogP) is 5.92. The Balaban J connectivity index is 1.80. The molecule has 0 amide bonds. The zero-order valence-electron chi connectivity index (χ0n) is 22.1. The standard InChI is InChI=1S/C30H34N4O4/c1-4-6-17-32-30(28(31)10-5-2)26-18-22(20(3)33-38-29(35)21-11-8-7-9-12-21)13-15-24(26)25-16-14-23(34(36)37)19-27(25)30/h7-9,11-16,18-19,28,32H,4-6,10,17,31H2,1-3H3/b33-20+. The number of nitro benzene ring substituents is 1. The van der Waals surface area contributed by atoms with Crippen LogP contribution in [0.4, 0.5) is 5.69 Å². The fourth-order valence-electron chi connectivity index (χ4n) is 5.18. The van der Waals surface area contributed by atoms with Crippen LogP contribution in [0.1, 0.15) is 73.5 Å². The van der Waals surface area contributed by atoms with Crippen LogP contribution in [0.2, 0.25) is 0 Å². The number of rotatable bonds is 11. The molecular weight excluding hydrogens is 480 g/mol. The minimum atomic E-state index is -0.807. The highest BCUT2D eigenvalue weighted by atomic mass is 16.7. The predicted molar refractivity (Wildman–Crippen MR) is 149 cm³/mol. The van der Waals surface area contributed by atoms with Gasteiger partial charge in [0.05, 0.1) is 21.7 Å². The summed E-state index contributed by atoms with van der Waals surface area (Å²) in [6.07, 6.45) is 3.54. The van der Waals surface area contributed by atoms with Crippen molar-refractivity contribution in [3.05, 3.63) is 99.1 Å². The molecule has 0 spiro atoms. The number of non-ortho nitro benzene ring substituents is 1. The molecule has 3 N–H and O–H groups in total. The number of benzene rings is 3. The summed E-state index contributed by atoms with van der Waals surface area (Å²) in [6, 6.07) is 19.3. The number of carbonyl (C=O) groups excluding carboxylic acids is 1. The van der Waals surface area contributed by atoms with E-state index in [1.165, 1.54) is 0 Å². The molecule has 0 radical (unpaired) electrons. The Bertz CT molecular complexity index is 1360. The fraction of sp³-hybridized carbons (Fsp3) is 0.333. The summed E-state index contributed by atoms with van der Waals surface area (Å²) in [5.74, 6) is -0.536. The van der Waals surface area contributed by atoms with Crippen molar-refractivity contribution in [1.29, 1.82) is 0 Å². The molecule has 4 rings (SSSR count). The molecule has 3 aromatic rings. The van der Waals surface area contributed by atoms with E-state index in [0.29, 0.717) is 17.8 Å². The fourth-order valence-corrected chi connectivity index (χ4v) is 5.18. The molecule has 0 heterocycles. The number of oxime groups is 1. The van der Waals surface area contributed by atoms with Crippen LogP contribution in [-0.4, -0.2) is 29.2 Å². The van der Waals surface area contributed by atoms with E-state index in [1.807, 2.05) is 30.3 Å². The van der Waals surface area contributed by atoms with Gasteiger partial charge in [0.2, 0.25) is 0 Å². The summed E-state index contributed by atoms with van der Waals surface area (Å²) in [7, 11) is 0. The van der Waals surface area contributed by atoms with Crippen molar-refractivity contribution in [2.24, 2.45) is 10.9 Å². The van der Waals surface area contributed by atoms with E-state index in [-0.39, 0.29) is 16.7 Å². The highest BCUT2D eigenvalue weighted by Gasteiger charge is 2.47. The number of hydrogen-bond donors (Lipinski definition) is 2. The zero-order chi connectivity index (χ0) is 27.3. The molecule has 3 aromatic carbocycles. The lowest BCUT2D eigenvalue weighted by Gasteiger charge is -2.39. The summed E-state index contributed by atoms with van der Waals surface area (Å²) in [6.45, 7) is 6.70. The number of unbranched alkanes of at least 4 members (excludes halogenated alkanes) is 1. The van der Waals surface area contributed by atoms with Crippen LogP contribution in [0, 0.1) is 10.1 Å². The molecule has 8 heteroatoms. The first kappa shape index (κ1) is 27.2. The van der Waals surface area contributed by atoms with E-state index < -0.39 is 11.5 Å². The number of hydrogen-bond acceptors (Lipinski definition) is 7. The lowest BCUT2D eigenvalue weighted by Crippen LogP contribution is -2.55. The van der Waals surface area contributed by atoms with Crippen molar-refractivity contribution < 1.29 is 14.6 Å². The van der Waals surface area contributed by atoms with E-state index in [0.717, 1.165) is 53.5 Å². The number of nitrogens with one attached hydrogen (secondary N) is 1. The second kappa shape index (κ2) is 11.7. The average molecular weight is 515 g/mol. The highest BCUT2D eigenvalue weighted by Crippen LogP contribution is 2.51. The van der Waals surface area contributed by atoms with Crippen molar-refractivity contribution in [3.8, 4) is 11.1 Å². The Morgan fingerprint density at radius 2 is 1.71 bits per heavy atom. The van der Waals surface area contributed by atoms with E-state index in [2.05, 4.69) is 24.3 Å². The average Bonchev–Trinajstić information content (AvgIpc) is 3.21. The third-order valence-corrected chi connectivity index (χ3v) is 7.16. The second-order valence-corrected chi connectivity index (χ2v) is 9.65. The molecule has 2 atom stereocenters. The molecule has 2 unspecified atom stereocenters. The summed E-state index contributed by atoms with van der Waals surface area (Å²) in [5, 5.41) is 19.5. The molecule has 0 bridgehead atoms. The van der Waals surface area contributed by atoms with Gasteiger partial charge in [0.15, 0.2) is 0 Å². The maximum atomic E-state index is 12.4. The number of nitro groups is 1. The minimum Gasteiger partial charge on any atom is -0.326 e. The highest BCUT2D eigenvalue weighted by molar-refractivity contribution is 6.00. The van der Waals surface area contributed by atoms with E-state index in [9.17, 15) is 14.9 Å². The SMILES string of the molecule is CCCCNC1(C(N)CCC)c2cc(/C(C)=N/OC(=O)c3ccccc3)ccc2-c2ccc([N+](=O)[O-])cc21. The van der Waals surface area contributed by atoms with Crippen molar-refractivity contribution in [2.45, 2.75) is 58.0 Å². The number of nitrogens with two attached hydrogens (primary N) is 1. The van der Waals surface area contributed by atoms with Gasteiger partial charge in [0, 0.05) is 18.2 Å². The van der Waals surface area contributed by atoms with E-state index >= 15 is 0 Å². The van der Waals surface area contributed by atoms with Crippen LogP contribution in [0.5, 0.6) is 0 Å². The molecule has 1 aliphatic rings. The van der Waals surface area contributed by atoms with Gasteiger partial charge in [-0.2, -0.15) is 0 Å². The maximum Gasteiger partial charge on any atom is 0.365 e. The van der Waals surface area contributed by atoms with Gasteiger partial charge in [-0.15, -0.1) is 0 Å². The van der Waals surface area contributed by atoms with Crippen LogP contribution in [0.25, 0.3) is 11.1 Å². The van der Waals surface area contributed by atoms with Gasteiger partial charge in [0.25, 0.3) is 5.69 Å². The number of nitrogens with zero attached hydrogens (tertiary/aromatic N) is 2. The molecule has 0 saturated heterocycles. The molecule has 198 valence electrons. The van der Waals surface area contributed by atoms with E-state index in [4.69, 9.17) is 10.6 Å². The molecule has 0 saturated carbocycles. The summed E-state index contributed by atoms with van der Waals surface area (Å²) < 4.78 is 0. The zero-order valence-corrected chi connectivity index (χ0v) is 22.1. The van der Waals surface area contributed by atoms with Crippen LogP contribution < -0.4 is 11.1 Å². The number of fused-ring (bicyclic) bond motifs is 3. The summed E-state index contributed by atoms with van der Waals surface area (Å²) in [5.41, 5.74) is 11.5. The third-order valence-electron chi connectivity index (χ3n) is 7.16. The van der Waals surface area contributed by atoms with Crippen LogP contribution >= 0.6 is 0 Å². The Hall–Kier alpha value is -3.88. The molecular formula is C30H34N4O4.